The summed E-state index contributed by atoms with van der Waals surface area (Å²) < 4.78 is 39.8. The molecule has 276 valence electrons. The van der Waals surface area contributed by atoms with Gasteiger partial charge in [0.05, 0.1) is 18.4 Å². The molecule has 3 heterocycles. The minimum absolute atomic E-state index is 0.0260. The third kappa shape index (κ3) is 7.92. The van der Waals surface area contributed by atoms with Crippen LogP contribution in [-0.2, 0) is 24.4 Å². The maximum Gasteiger partial charge on any atom is 0.405 e. The number of pyridine rings is 1. The van der Waals surface area contributed by atoms with Crippen molar-refractivity contribution in [2.24, 2.45) is 17.8 Å². The van der Waals surface area contributed by atoms with Crippen LogP contribution in [0, 0.1) is 17.8 Å². The van der Waals surface area contributed by atoms with E-state index < -0.39 is 68.7 Å². The van der Waals surface area contributed by atoms with Gasteiger partial charge in [0, 0.05) is 23.9 Å². The standard InChI is InChI=1S/C36H47N5O9S/c1-4-22-16-21(3)8-6-7-9-24-19-36(24,34(44)40-51(47,48)27-11-12-27)39-31(42)29-18-26(20-41(29)33(43)30(22)38-35(45)46)50-32-28-13-10-25(49-5-2)17-23(28)14-15-37-32/h7,9-10,13-15,17,21-22,24,26-27,29-30,38H,4-6,8,11-12,16,18-20H2,1-3H3,(H,39,42)(H,40,44)(H,45,46)/b9-7-/t21-,22-,24?,26-,29+,30+,36?/m1/s1. The van der Waals surface area contributed by atoms with Crippen molar-refractivity contribution < 1.29 is 42.2 Å². The molecule has 4 aliphatic rings. The lowest BCUT2D eigenvalue weighted by Crippen LogP contribution is -2.59. The number of hydrogen-bond acceptors (Lipinski definition) is 9. The molecule has 1 aromatic carbocycles. The Bertz CT molecular complexity index is 1810. The maximum atomic E-state index is 14.5. The number of rotatable bonds is 9. The zero-order valence-electron chi connectivity index (χ0n) is 29.2. The number of nitrogens with zero attached hydrogens (tertiary/aromatic N) is 2. The van der Waals surface area contributed by atoms with Crippen LogP contribution in [0.1, 0.15) is 72.1 Å². The number of nitrogens with one attached hydrogen (secondary N) is 3. The van der Waals surface area contributed by atoms with Gasteiger partial charge in [0.2, 0.25) is 27.7 Å². The second-order valence-electron chi connectivity index (χ2n) is 14.3. The third-order valence-electron chi connectivity index (χ3n) is 10.5. The van der Waals surface area contributed by atoms with Crippen molar-refractivity contribution in [2.75, 3.05) is 13.2 Å². The van der Waals surface area contributed by atoms with E-state index in [-0.39, 0.29) is 31.2 Å². The number of amides is 4. The summed E-state index contributed by atoms with van der Waals surface area (Å²) in [5.41, 5.74) is -1.52. The van der Waals surface area contributed by atoms with Crippen LogP contribution in [0.2, 0.25) is 0 Å². The van der Waals surface area contributed by atoms with Gasteiger partial charge in [-0.05, 0) is 86.9 Å². The average molecular weight is 726 g/mol. The van der Waals surface area contributed by atoms with Crippen LogP contribution in [0.4, 0.5) is 4.79 Å². The van der Waals surface area contributed by atoms with E-state index in [9.17, 15) is 32.7 Å². The average Bonchev–Trinajstić information content (AvgIpc) is 4.01. The van der Waals surface area contributed by atoms with Gasteiger partial charge in [0.25, 0.3) is 5.91 Å². The summed E-state index contributed by atoms with van der Waals surface area (Å²) in [5, 5.41) is 16.0. The molecule has 4 amide bonds. The molecule has 7 atom stereocenters. The fourth-order valence-corrected chi connectivity index (χ4v) is 8.85. The van der Waals surface area contributed by atoms with Crippen molar-refractivity contribution in [1.82, 2.24) is 25.2 Å². The Kier molecular flexibility index (Phi) is 10.5. The summed E-state index contributed by atoms with van der Waals surface area (Å²) in [6.07, 6.45) is 6.98. The number of sulfonamides is 1. The number of carbonyl (C=O) groups excluding carboxylic acids is 3. The molecular formula is C36H47N5O9S. The number of carbonyl (C=O) groups is 4. The van der Waals surface area contributed by atoms with Gasteiger partial charge in [0.1, 0.15) is 29.5 Å². The Hall–Kier alpha value is -4.40. The number of carboxylic acid groups (broad SMARTS) is 1. The normalized spacial score (nSPS) is 30.5. The molecule has 3 fully saturated rings. The molecule has 2 aromatic rings. The molecule has 2 aliphatic heterocycles. The number of ether oxygens (including phenoxy) is 2. The van der Waals surface area contributed by atoms with E-state index in [0.29, 0.717) is 55.7 Å². The number of allylic oxidation sites excluding steroid dienone is 1. The van der Waals surface area contributed by atoms with Crippen LogP contribution in [0.15, 0.2) is 42.6 Å². The minimum Gasteiger partial charge on any atom is -0.494 e. The van der Waals surface area contributed by atoms with Crippen LogP contribution in [0.25, 0.3) is 10.8 Å². The van der Waals surface area contributed by atoms with Gasteiger partial charge < -0.3 is 30.1 Å². The monoisotopic (exact) mass is 725 g/mol. The number of hydrogen-bond donors (Lipinski definition) is 4. The summed E-state index contributed by atoms with van der Waals surface area (Å²) in [5.74, 6) is -1.70. The van der Waals surface area contributed by atoms with Gasteiger partial charge in [0.15, 0.2) is 0 Å². The fourth-order valence-electron chi connectivity index (χ4n) is 7.49. The Morgan fingerprint density at radius 3 is 2.63 bits per heavy atom. The SMILES string of the molecule is CCOc1ccc2c(O[C@@H]3C[C@H]4C(=O)NC5(C(=O)NS(=O)(=O)C6CC6)CC5/C=C\CC[C@@H](C)C[C@@H](CC)[C@H](NC(=O)O)C(=O)N4C3)nccc2c1. The van der Waals surface area contributed by atoms with Crippen molar-refractivity contribution in [1.29, 1.82) is 0 Å². The largest absolute Gasteiger partial charge is 0.494 e. The lowest BCUT2D eigenvalue weighted by molar-refractivity contribution is -0.142. The molecule has 15 heteroatoms. The molecule has 51 heavy (non-hydrogen) atoms. The first-order valence-corrected chi connectivity index (χ1v) is 19.4. The molecule has 1 saturated heterocycles. The summed E-state index contributed by atoms with van der Waals surface area (Å²) >= 11 is 0. The van der Waals surface area contributed by atoms with Crippen LogP contribution in [0.5, 0.6) is 11.6 Å². The summed E-state index contributed by atoms with van der Waals surface area (Å²) in [6, 6.07) is 5.04. The zero-order valence-corrected chi connectivity index (χ0v) is 30.0. The third-order valence-corrected chi connectivity index (χ3v) is 12.4. The maximum absolute atomic E-state index is 14.5. The van der Waals surface area contributed by atoms with Crippen molar-refractivity contribution in [3.05, 3.63) is 42.6 Å². The molecule has 6 rings (SSSR count). The highest BCUT2D eigenvalue weighted by atomic mass is 32.2. The molecule has 4 N–H and O–H groups in total. The molecule has 0 bridgehead atoms. The van der Waals surface area contributed by atoms with Crippen LogP contribution >= 0.6 is 0 Å². The van der Waals surface area contributed by atoms with Crippen LogP contribution in [0.3, 0.4) is 0 Å². The minimum atomic E-state index is -3.90. The highest BCUT2D eigenvalue weighted by molar-refractivity contribution is 7.91. The molecule has 14 nitrogen and oxygen atoms in total. The van der Waals surface area contributed by atoms with E-state index in [2.05, 4.69) is 27.3 Å². The molecule has 0 spiro atoms. The lowest BCUT2D eigenvalue weighted by atomic mass is 9.85. The highest BCUT2D eigenvalue weighted by Crippen LogP contribution is 2.46. The van der Waals surface area contributed by atoms with Crippen molar-refractivity contribution in [3.8, 4) is 11.6 Å². The first-order valence-electron chi connectivity index (χ1n) is 17.9. The molecule has 1 aromatic heterocycles. The van der Waals surface area contributed by atoms with E-state index in [4.69, 9.17) is 9.47 Å². The van der Waals surface area contributed by atoms with Gasteiger partial charge in [-0.3, -0.25) is 19.1 Å². The quantitative estimate of drug-likeness (QED) is 0.278. The van der Waals surface area contributed by atoms with E-state index in [0.717, 1.165) is 11.8 Å². The predicted octanol–water partition coefficient (Wildman–Crippen LogP) is 3.50. The second kappa shape index (κ2) is 14.7. The van der Waals surface area contributed by atoms with Crippen molar-refractivity contribution in [3.63, 3.8) is 0 Å². The summed E-state index contributed by atoms with van der Waals surface area (Å²) in [7, 11) is -3.90. The Balaban J connectivity index is 1.34. The molecule has 2 aliphatic carbocycles. The van der Waals surface area contributed by atoms with E-state index in [1.54, 1.807) is 12.3 Å². The van der Waals surface area contributed by atoms with Crippen LogP contribution < -0.4 is 24.8 Å². The zero-order chi connectivity index (χ0) is 36.5. The van der Waals surface area contributed by atoms with E-state index in [1.807, 2.05) is 44.2 Å². The van der Waals surface area contributed by atoms with Gasteiger partial charge in [-0.25, -0.2) is 18.2 Å². The van der Waals surface area contributed by atoms with Gasteiger partial charge in [-0.15, -0.1) is 0 Å². The fraction of sp³-hybridized carbons (Fsp3) is 0.583. The number of benzene rings is 1. The number of aromatic nitrogens is 1. The predicted molar refractivity (Wildman–Crippen MR) is 187 cm³/mol. The Morgan fingerprint density at radius 2 is 1.92 bits per heavy atom. The van der Waals surface area contributed by atoms with E-state index >= 15 is 0 Å². The topological polar surface area (TPSA) is 193 Å². The summed E-state index contributed by atoms with van der Waals surface area (Å²) in [4.78, 5) is 60.3. The summed E-state index contributed by atoms with van der Waals surface area (Å²) in [6.45, 7) is 6.31. The highest BCUT2D eigenvalue weighted by Gasteiger charge is 2.62. The van der Waals surface area contributed by atoms with E-state index in [1.165, 1.54) is 4.90 Å². The molecule has 2 unspecified atom stereocenters. The number of fused-ring (bicyclic) bond motifs is 3. The van der Waals surface area contributed by atoms with Crippen molar-refractivity contribution >= 4 is 44.6 Å². The lowest BCUT2D eigenvalue weighted by Gasteiger charge is -2.33. The van der Waals surface area contributed by atoms with Crippen molar-refractivity contribution in [2.45, 2.75) is 101 Å². The Morgan fingerprint density at radius 1 is 1.14 bits per heavy atom. The smallest absolute Gasteiger partial charge is 0.405 e. The van der Waals surface area contributed by atoms with Gasteiger partial charge in [-0.2, -0.15) is 0 Å². The molecular weight excluding hydrogens is 678 g/mol. The first-order chi connectivity index (χ1) is 24.3. The van der Waals surface area contributed by atoms with Crippen LogP contribution in [-0.4, -0.2) is 89.4 Å². The molecule has 0 radical (unpaired) electrons. The molecule has 2 saturated carbocycles. The Labute approximate surface area is 297 Å². The van der Waals surface area contributed by atoms with Gasteiger partial charge >= 0.3 is 6.09 Å². The first kappa shape index (κ1) is 36.4. The van der Waals surface area contributed by atoms with Gasteiger partial charge in [-0.1, -0.05) is 32.4 Å². The second-order valence-corrected chi connectivity index (χ2v) is 16.3.